The number of hydrogen-bond donors (Lipinski definition) is 1. The van der Waals surface area contributed by atoms with Crippen LogP contribution in [0.1, 0.15) is 10.4 Å². The van der Waals surface area contributed by atoms with Gasteiger partial charge in [-0.1, -0.05) is 15.9 Å². The van der Waals surface area contributed by atoms with Crippen LogP contribution in [0.4, 0.5) is 4.39 Å². The second kappa shape index (κ2) is 5.71. The zero-order valence-electron chi connectivity index (χ0n) is 9.36. The smallest absolute Gasteiger partial charge is 0.335 e. The van der Waals surface area contributed by atoms with Crippen molar-refractivity contribution in [1.82, 2.24) is 0 Å². The molecule has 0 aromatic heterocycles. The second-order valence-electron chi connectivity index (χ2n) is 3.63. The molecule has 6 heteroatoms. The van der Waals surface area contributed by atoms with Gasteiger partial charge in [-0.05, 0) is 52.3 Å². The predicted octanol–water partition coefficient (Wildman–Crippen LogP) is 4.84. The van der Waals surface area contributed by atoms with E-state index in [2.05, 4.69) is 31.9 Å². The van der Waals surface area contributed by atoms with Crippen LogP contribution in [0.3, 0.4) is 0 Å². The molecule has 19 heavy (non-hydrogen) atoms. The lowest BCUT2D eigenvalue weighted by Gasteiger charge is -2.09. The Balaban J connectivity index is 2.31. The van der Waals surface area contributed by atoms with E-state index in [-0.39, 0.29) is 11.3 Å². The van der Waals surface area contributed by atoms with Gasteiger partial charge in [-0.15, -0.1) is 0 Å². The van der Waals surface area contributed by atoms with Crippen LogP contribution in [0.25, 0.3) is 0 Å². The molecule has 2 aromatic carbocycles. The molecule has 2 rings (SSSR count). The Bertz CT molecular complexity index is 644. The van der Waals surface area contributed by atoms with E-state index in [4.69, 9.17) is 9.84 Å². The molecule has 0 amide bonds. The van der Waals surface area contributed by atoms with Crippen molar-refractivity contribution < 1.29 is 19.0 Å². The topological polar surface area (TPSA) is 46.5 Å². The van der Waals surface area contributed by atoms with Crippen LogP contribution in [0.2, 0.25) is 0 Å². The molecule has 0 fully saturated rings. The first-order valence-corrected chi connectivity index (χ1v) is 6.71. The van der Waals surface area contributed by atoms with Crippen LogP contribution >= 0.6 is 31.9 Å². The SMILES string of the molecule is O=C(O)c1ccc(Oc2ccc(Br)cc2F)c(Br)c1. The molecule has 0 aliphatic heterocycles. The maximum atomic E-state index is 13.6. The zero-order chi connectivity index (χ0) is 14.0. The lowest BCUT2D eigenvalue weighted by Crippen LogP contribution is -1.96. The number of carbonyl (C=O) groups is 1. The van der Waals surface area contributed by atoms with E-state index in [1.165, 1.54) is 30.3 Å². The highest BCUT2D eigenvalue weighted by atomic mass is 79.9. The number of hydrogen-bond acceptors (Lipinski definition) is 2. The molecule has 0 unspecified atom stereocenters. The molecule has 0 bridgehead atoms. The van der Waals surface area contributed by atoms with Gasteiger partial charge in [0.05, 0.1) is 10.0 Å². The largest absolute Gasteiger partial charge is 0.478 e. The number of ether oxygens (including phenoxy) is 1. The Morgan fingerprint density at radius 2 is 1.79 bits per heavy atom. The molecule has 98 valence electrons. The van der Waals surface area contributed by atoms with E-state index in [0.717, 1.165) is 0 Å². The van der Waals surface area contributed by atoms with Gasteiger partial charge in [0.1, 0.15) is 5.75 Å². The standard InChI is InChI=1S/C13H7Br2FO3/c14-8-2-4-12(10(16)6-8)19-11-3-1-7(13(17)18)5-9(11)15/h1-6H,(H,17,18). The number of aromatic carboxylic acids is 1. The molecule has 0 aliphatic carbocycles. The number of carboxylic acids is 1. The Morgan fingerprint density at radius 3 is 2.37 bits per heavy atom. The van der Waals surface area contributed by atoms with Crippen molar-refractivity contribution in [3.63, 3.8) is 0 Å². The minimum atomic E-state index is -1.04. The number of benzene rings is 2. The fourth-order valence-electron chi connectivity index (χ4n) is 1.39. The summed E-state index contributed by atoms with van der Waals surface area (Å²) in [5.74, 6) is -1.15. The number of halogens is 3. The van der Waals surface area contributed by atoms with Crippen molar-refractivity contribution in [2.45, 2.75) is 0 Å². The van der Waals surface area contributed by atoms with Gasteiger partial charge in [0.15, 0.2) is 11.6 Å². The van der Waals surface area contributed by atoms with Crippen LogP contribution in [-0.2, 0) is 0 Å². The predicted molar refractivity (Wildman–Crippen MR) is 75.3 cm³/mol. The molecule has 3 nitrogen and oxygen atoms in total. The summed E-state index contributed by atoms with van der Waals surface area (Å²) in [4.78, 5) is 10.8. The van der Waals surface area contributed by atoms with Crippen LogP contribution < -0.4 is 4.74 Å². The van der Waals surface area contributed by atoms with Gasteiger partial charge < -0.3 is 9.84 Å². The van der Waals surface area contributed by atoms with Crippen molar-refractivity contribution >= 4 is 37.8 Å². The fraction of sp³-hybridized carbons (Fsp3) is 0. The van der Waals surface area contributed by atoms with Crippen molar-refractivity contribution in [2.75, 3.05) is 0 Å². The molecule has 0 saturated carbocycles. The van der Waals surface area contributed by atoms with Crippen molar-refractivity contribution in [1.29, 1.82) is 0 Å². The van der Waals surface area contributed by atoms with E-state index in [9.17, 15) is 9.18 Å². The molecule has 0 spiro atoms. The molecule has 2 aromatic rings. The molecule has 1 N–H and O–H groups in total. The van der Waals surface area contributed by atoms with Crippen molar-refractivity contribution in [2.24, 2.45) is 0 Å². The average Bonchev–Trinajstić information content (AvgIpc) is 2.34. The lowest BCUT2D eigenvalue weighted by molar-refractivity contribution is 0.0697. The summed E-state index contributed by atoms with van der Waals surface area (Å²) in [6.45, 7) is 0. The maximum Gasteiger partial charge on any atom is 0.335 e. The van der Waals surface area contributed by atoms with Gasteiger partial charge in [0.25, 0.3) is 0 Å². The summed E-state index contributed by atoms with van der Waals surface area (Å²) in [5.41, 5.74) is 0.121. The highest BCUT2D eigenvalue weighted by Gasteiger charge is 2.10. The third kappa shape index (κ3) is 3.33. The third-order valence-electron chi connectivity index (χ3n) is 2.29. The lowest BCUT2D eigenvalue weighted by atomic mass is 10.2. The molecule has 0 aliphatic rings. The Labute approximate surface area is 125 Å². The minimum absolute atomic E-state index is 0.0620. The number of rotatable bonds is 3. The van der Waals surface area contributed by atoms with Gasteiger partial charge in [-0.3, -0.25) is 0 Å². The van der Waals surface area contributed by atoms with Crippen molar-refractivity contribution in [3.8, 4) is 11.5 Å². The Morgan fingerprint density at radius 1 is 1.11 bits per heavy atom. The normalized spacial score (nSPS) is 10.3. The molecule has 0 atom stereocenters. The van der Waals surface area contributed by atoms with E-state index in [0.29, 0.717) is 14.7 Å². The summed E-state index contributed by atoms with van der Waals surface area (Å²) < 4.78 is 20.1. The van der Waals surface area contributed by atoms with E-state index in [1.54, 1.807) is 6.07 Å². The average molecular weight is 390 g/mol. The molecular formula is C13H7Br2FO3. The first-order chi connectivity index (χ1) is 8.97. The third-order valence-corrected chi connectivity index (χ3v) is 3.41. The summed E-state index contributed by atoms with van der Waals surface area (Å²) in [6.07, 6.45) is 0. The first-order valence-electron chi connectivity index (χ1n) is 5.13. The molecule has 0 saturated heterocycles. The molecule has 0 radical (unpaired) electrons. The summed E-state index contributed by atoms with van der Waals surface area (Å²) >= 11 is 6.34. The Kier molecular flexibility index (Phi) is 4.21. The van der Waals surface area contributed by atoms with Crippen LogP contribution in [0.15, 0.2) is 45.3 Å². The first kappa shape index (κ1) is 14.0. The summed E-state index contributed by atoms with van der Waals surface area (Å²) in [7, 11) is 0. The van der Waals surface area contributed by atoms with Gasteiger partial charge in [-0.2, -0.15) is 0 Å². The summed E-state index contributed by atoms with van der Waals surface area (Å²) in [5, 5.41) is 8.84. The van der Waals surface area contributed by atoms with E-state index in [1.807, 2.05) is 0 Å². The fourth-order valence-corrected chi connectivity index (χ4v) is 2.19. The molecular weight excluding hydrogens is 383 g/mol. The highest BCUT2D eigenvalue weighted by Crippen LogP contribution is 2.32. The zero-order valence-corrected chi connectivity index (χ0v) is 12.5. The van der Waals surface area contributed by atoms with E-state index >= 15 is 0 Å². The van der Waals surface area contributed by atoms with E-state index < -0.39 is 11.8 Å². The van der Waals surface area contributed by atoms with Gasteiger partial charge in [0.2, 0.25) is 0 Å². The monoisotopic (exact) mass is 388 g/mol. The van der Waals surface area contributed by atoms with Gasteiger partial charge in [0, 0.05) is 4.47 Å². The summed E-state index contributed by atoms with van der Waals surface area (Å²) in [6, 6.07) is 8.67. The number of carboxylic acid groups (broad SMARTS) is 1. The van der Waals surface area contributed by atoms with Crippen molar-refractivity contribution in [3.05, 3.63) is 56.7 Å². The maximum absolute atomic E-state index is 13.6. The van der Waals surface area contributed by atoms with Crippen LogP contribution in [0.5, 0.6) is 11.5 Å². The minimum Gasteiger partial charge on any atom is -0.478 e. The second-order valence-corrected chi connectivity index (χ2v) is 5.40. The Hall–Kier alpha value is -1.40. The highest BCUT2D eigenvalue weighted by molar-refractivity contribution is 9.10. The van der Waals surface area contributed by atoms with Crippen LogP contribution in [0, 0.1) is 5.82 Å². The quantitative estimate of drug-likeness (QED) is 0.816. The molecule has 0 heterocycles. The van der Waals surface area contributed by atoms with Crippen LogP contribution in [-0.4, -0.2) is 11.1 Å². The van der Waals surface area contributed by atoms with Gasteiger partial charge >= 0.3 is 5.97 Å². The van der Waals surface area contributed by atoms with Gasteiger partial charge in [-0.25, -0.2) is 9.18 Å².